The highest BCUT2D eigenvalue weighted by Crippen LogP contribution is 2.17. The van der Waals surface area contributed by atoms with E-state index < -0.39 is 0 Å². The Balaban J connectivity index is 3.89. The molecule has 0 rings (SSSR count). The van der Waals surface area contributed by atoms with Gasteiger partial charge in [0.05, 0.1) is 0 Å². The van der Waals surface area contributed by atoms with Gasteiger partial charge in [-0.2, -0.15) is 0 Å². The van der Waals surface area contributed by atoms with Crippen LogP contribution in [0.25, 0.3) is 0 Å². The average Bonchev–Trinajstić information content (AvgIpc) is 2.61. The van der Waals surface area contributed by atoms with Crippen LogP contribution in [0.5, 0.6) is 0 Å². The van der Waals surface area contributed by atoms with E-state index in [0.717, 1.165) is 32.1 Å². The summed E-state index contributed by atoms with van der Waals surface area (Å²) in [6, 6.07) is 0. The molecule has 2 heteroatoms. The van der Waals surface area contributed by atoms with Crippen molar-refractivity contribution in [1.29, 1.82) is 0 Å². The Hall–Kier alpha value is -0.530. The number of carbonyl (C=O) groups is 1. The molecule has 0 heterocycles. The van der Waals surface area contributed by atoms with Gasteiger partial charge < -0.3 is 4.74 Å². The van der Waals surface area contributed by atoms with Gasteiger partial charge in [-0.3, -0.25) is 4.79 Å². The number of rotatable bonds is 19. The number of hydrogen-bond acceptors (Lipinski definition) is 2. The molecule has 1 unspecified atom stereocenters. The smallest absolute Gasteiger partial charge is 0.306 e. The number of esters is 1. The van der Waals surface area contributed by atoms with Gasteiger partial charge in [0.25, 0.3) is 0 Å². The molecule has 2 nitrogen and oxygen atoms in total. The first-order valence-electron chi connectivity index (χ1n) is 11.4. The van der Waals surface area contributed by atoms with Gasteiger partial charge in [0, 0.05) is 6.42 Å². The van der Waals surface area contributed by atoms with Gasteiger partial charge in [-0.1, -0.05) is 97.8 Å². The largest absolute Gasteiger partial charge is 0.462 e. The molecule has 0 aliphatic carbocycles. The van der Waals surface area contributed by atoms with Gasteiger partial charge in [-0.05, 0) is 32.1 Å². The Morgan fingerprint density at radius 1 is 0.600 bits per heavy atom. The molecule has 0 bridgehead atoms. The van der Waals surface area contributed by atoms with E-state index in [1.165, 1.54) is 77.0 Å². The minimum atomic E-state index is 0.0357. The summed E-state index contributed by atoms with van der Waals surface area (Å²) in [4.78, 5) is 12.0. The lowest BCUT2D eigenvalue weighted by atomic mass is 10.0. The zero-order chi connectivity index (χ0) is 18.6. The third-order valence-electron chi connectivity index (χ3n) is 5.04. The molecule has 0 saturated heterocycles. The standard InChI is InChI=1S/C23H46O2/c1-4-7-10-12-13-14-15-18-20-22(19-17-11-8-5-2)25-23(24)21-16-9-6-3/h22H,4-21H2,1-3H3. The maximum Gasteiger partial charge on any atom is 0.306 e. The maximum atomic E-state index is 12.0. The summed E-state index contributed by atoms with van der Waals surface area (Å²) in [6.45, 7) is 6.68. The topological polar surface area (TPSA) is 26.3 Å². The van der Waals surface area contributed by atoms with Crippen LogP contribution in [0.2, 0.25) is 0 Å². The second-order valence-corrected chi connectivity index (χ2v) is 7.68. The fourth-order valence-corrected chi connectivity index (χ4v) is 3.33. The highest BCUT2D eigenvalue weighted by molar-refractivity contribution is 5.69. The summed E-state index contributed by atoms with van der Waals surface area (Å²) in [5.74, 6) is 0.0357. The molecule has 150 valence electrons. The predicted molar refractivity (Wildman–Crippen MR) is 110 cm³/mol. The third kappa shape index (κ3) is 18.1. The highest BCUT2D eigenvalue weighted by Gasteiger charge is 2.14. The molecule has 0 aliphatic rings. The Kier molecular flexibility index (Phi) is 19.4. The van der Waals surface area contributed by atoms with Gasteiger partial charge in [-0.25, -0.2) is 0 Å². The van der Waals surface area contributed by atoms with Crippen LogP contribution in [0.15, 0.2) is 0 Å². The van der Waals surface area contributed by atoms with Crippen molar-refractivity contribution in [3.8, 4) is 0 Å². The lowest BCUT2D eigenvalue weighted by molar-refractivity contribution is -0.150. The van der Waals surface area contributed by atoms with Crippen molar-refractivity contribution >= 4 is 5.97 Å². The Bertz CT molecular complexity index is 275. The van der Waals surface area contributed by atoms with E-state index in [1.54, 1.807) is 0 Å². The van der Waals surface area contributed by atoms with Gasteiger partial charge in [0.15, 0.2) is 0 Å². The summed E-state index contributed by atoms with van der Waals surface area (Å²) >= 11 is 0. The van der Waals surface area contributed by atoms with Crippen molar-refractivity contribution in [2.45, 2.75) is 142 Å². The first-order valence-corrected chi connectivity index (χ1v) is 11.4. The van der Waals surface area contributed by atoms with Crippen molar-refractivity contribution in [3.05, 3.63) is 0 Å². The van der Waals surface area contributed by atoms with Crippen LogP contribution in [0.4, 0.5) is 0 Å². The molecule has 25 heavy (non-hydrogen) atoms. The normalized spacial score (nSPS) is 12.3. The number of carbonyl (C=O) groups excluding carboxylic acids is 1. The van der Waals surface area contributed by atoms with Crippen LogP contribution < -0.4 is 0 Å². The predicted octanol–water partition coefficient (Wildman–Crippen LogP) is 7.98. The highest BCUT2D eigenvalue weighted by atomic mass is 16.5. The molecule has 0 aromatic heterocycles. The van der Waals surface area contributed by atoms with Crippen molar-refractivity contribution in [1.82, 2.24) is 0 Å². The molecule has 0 amide bonds. The molecule has 0 saturated carbocycles. The molecular weight excluding hydrogens is 308 g/mol. The summed E-state index contributed by atoms with van der Waals surface area (Å²) in [5, 5.41) is 0. The molecular formula is C23H46O2. The van der Waals surface area contributed by atoms with Gasteiger partial charge in [0.2, 0.25) is 0 Å². The molecule has 0 radical (unpaired) electrons. The van der Waals surface area contributed by atoms with Crippen LogP contribution in [0.3, 0.4) is 0 Å². The fraction of sp³-hybridized carbons (Fsp3) is 0.957. The molecule has 1 atom stereocenters. The van der Waals surface area contributed by atoms with Crippen molar-refractivity contribution in [2.75, 3.05) is 0 Å². The van der Waals surface area contributed by atoms with E-state index in [4.69, 9.17) is 4.74 Å². The Morgan fingerprint density at radius 3 is 1.52 bits per heavy atom. The van der Waals surface area contributed by atoms with Crippen molar-refractivity contribution < 1.29 is 9.53 Å². The number of hydrogen-bond donors (Lipinski definition) is 0. The maximum absolute atomic E-state index is 12.0. The van der Waals surface area contributed by atoms with Gasteiger partial charge in [-0.15, -0.1) is 0 Å². The molecule has 0 fully saturated rings. The van der Waals surface area contributed by atoms with Crippen LogP contribution >= 0.6 is 0 Å². The zero-order valence-corrected chi connectivity index (χ0v) is 17.6. The van der Waals surface area contributed by atoms with E-state index in [9.17, 15) is 4.79 Å². The monoisotopic (exact) mass is 354 g/mol. The number of unbranched alkanes of at least 4 members (excludes halogenated alkanes) is 12. The van der Waals surface area contributed by atoms with E-state index in [1.807, 2.05) is 0 Å². The second kappa shape index (κ2) is 19.8. The molecule has 0 aliphatic heterocycles. The zero-order valence-electron chi connectivity index (χ0n) is 17.6. The third-order valence-corrected chi connectivity index (χ3v) is 5.04. The van der Waals surface area contributed by atoms with Crippen LogP contribution in [-0.2, 0) is 9.53 Å². The van der Waals surface area contributed by atoms with Gasteiger partial charge >= 0.3 is 5.97 Å². The van der Waals surface area contributed by atoms with Gasteiger partial charge in [0.1, 0.15) is 6.10 Å². The lowest BCUT2D eigenvalue weighted by Crippen LogP contribution is -2.18. The van der Waals surface area contributed by atoms with E-state index in [-0.39, 0.29) is 12.1 Å². The molecule has 0 spiro atoms. The second-order valence-electron chi connectivity index (χ2n) is 7.68. The minimum absolute atomic E-state index is 0.0357. The van der Waals surface area contributed by atoms with Crippen molar-refractivity contribution in [2.24, 2.45) is 0 Å². The quantitative estimate of drug-likeness (QED) is 0.173. The lowest BCUT2D eigenvalue weighted by Gasteiger charge is -2.18. The number of ether oxygens (including phenoxy) is 1. The van der Waals surface area contributed by atoms with E-state index >= 15 is 0 Å². The first-order chi connectivity index (χ1) is 12.2. The average molecular weight is 355 g/mol. The minimum Gasteiger partial charge on any atom is -0.462 e. The van der Waals surface area contributed by atoms with E-state index in [2.05, 4.69) is 20.8 Å². The van der Waals surface area contributed by atoms with E-state index in [0.29, 0.717) is 6.42 Å². The summed E-state index contributed by atoms with van der Waals surface area (Å²) < 4.78 is 5.80. The molecule has 0 aromatic rings. The Morgan fingerprint density at radius 2 is 1.00 bits per heavy atom. The first kappa shape index (κ1) is 24.5. The summed E-state index contributed by atoms with van der Waals surface area (Å²) in [6.07, 6.45) is 22.0. The van der Waals surface area contributed by atoms with Crippen LogP contribution in [-0.4, -0.2) is 12.1 Å². The van der Waals surface area contributed by atoms with Crippen molar-refractivity contribution in [3.63, 3.8) is 0 Å². The SMILES string of the molecule is CCCCCCCCCCC(CCCCCC)OC(=O)CCCCC. The van der Waals surface area contributed by atoms with Crippen LogP contribution in [0, 0.1) is 0 Å². The summed E-state index contributed by atoms with van der Waals surface area (Å²) in [7, 11) is 0. The van der Waals surface area contributed by atoms with Crippen LogP contribution in [0.1, 0.15) is 136 Å². The molecule has 0 N–H and O–H groups in total. The summed E-state index contributed by atoms with van der Waals surface area (Å²) in [5.41, 5.74) is 0. The Labute approximate surface area is 158 Å². The molecule has 0 aromatic carbocycles. The fourth-order valence-electron chi connectivity index (χ4n) is 3.33.